The van der Waals surface area contributed by atoms with Gasteiger partial charge in [-0.25, -0.2) is 9.48 Å². The molecule has 0 aliphatic heterocycles. The lowest BCUT2D eigenvalue weighted by molar-refractivity contribution is -0.125. The monoisotopic (exact) mass is 328 g/mol. The number of carbonyl (C=O) groups excluding carboxylic acids is 2. The number of nitrogens with zero attached hydrogens (tertiary/aromatic N) is 3. The molecule has 1 aromatic heterocycles. The van der Waals surface area contributed by atoms with Crippen molar-refractivity contribution >= 4 is 11.9 Å². The summed E-state index contributed by atoms with van der Waals surface area (Å²) < 4.78 is 6.54. The van der Waals surface area contributed by atoms with E-state index in [1.165, 1.54) is 6.20 Å². The summed E-state index contributed by atoms with van der Waals surface area (Å²) in [6.45, 7) is 2.18. The molecule has 1 atom stereocenters. The minimum absolute atomic E-state index is 0.0916. The SMILES string of the molecule is CC(NC(=O)COC(=O)c1cn(Cc2ccccc2)nn1)C1CC1. The smallest absolute Gasteiger partial charge is 0.361 e. The number of carbonyl (C=O) groups is 2. The zero-order valence-electron chi connectivity index (χ0n) is 13.5. The van der Waals surface area contributed by atoms with Crippen LogP contribution >= 0.6 is 0 Å². The molecular weight excluding hydrogens is 308 g/mol. The van der Waals surface area contributed by atoms with Crippen LogP contribution in [0.15, 0.2) is 36.5 Å². The first kappa shape index (κ1) is 16.2. The summed E-state index contributed by atoms with van der Waals surface area (Å²) in [7, 11) is 0. The van der Waals surface area contributed by atoms with Crippen LogP contribution < -0.4 is 5.32 Å². The highest BCUT2D eigenvalue weighted by atomic mass is 16.5. The van der Waals surface area contributed by atoms with Crippen LogP contribution in [0, 0.1) is 5.92 Å². The van der Waals surface area contributed by atoms with E-state index in [0.717, 1.165) is 18.4 Å². The third-order valence-corrected chi connectivity index (χ3v) is 3.99. The third-order valence-electron chi connectivity index (χ3n) is 3.99. The Bertz CT molecular complexity index is 710. The molecule has 1 heterocycles. The van der Waals surface area contributed by atoms with Gasteiger partial charge >= 0.3 is 5.97 Å². The molecule has 1 aliphatic rings. The average molecular weight is 328 g/mol. The number of hydrogen-bond donors (Lipinski definition) is 1. The minimum Gasteiger partial charge on any atom is -0.451 e. The van der Waals surface area contributed by atoms with Crippen LogP contribution in [0.2, 0.25) is 0 Å². The second-order valence-electron chi connectivity index (χ2n) is 6.06. The van der Waals surface area contributed by atoms with Crippen LogP contribution in [-0.2, 0) is 16.1 Å². The largest absolute Gasteiger partial charge is 0.451 e. The molecule has 1 amide bonds. The molecule has 1 aromatic carbocycles. The van der Waals surface area contributed by atoms with Crippen molar-refractivity contribution in [2.75, 3.05) is 6.61 Å². The van der Waals surface area contributed by atoms with Gasteiger partial charge in [-0.2, -0.15) is 0 Å². The van der Waals surface area contributed by atoms with Crippen LogP contribution in [0.4, 0.5) is 0 Å². The Balaban J connectivity index is 1.47. The van der Waals surface area contributed by atoms with Gasteiger partial charge in [0.1, 0.15) is 0 Å². The lowest BCUT2D eigenvalue weighted by Crippen LogP contribution is -2.37. The van der Waals surface area contributed by atoms with Crippen molar-refractivity contribution in [3.05, 3.63) is 47.8 Å². The minimum atomic E-state index is -0.650. The molecule has 0 bridgehead atoms. The number of aromatic nitrogens is 3. The van der Waals surface area contributed by atoms with Crippen molar-refractivity contribution in [3.63, 3.8) is 0 Å². The van der Waals surface area contributed by atoms with Crippen molar-refractivity contribution in [1.82, 2.24) is 20.3 Å². The van der Waals surface area contributed by atoms with Gasteiger partial charge in [-0.15, -0.1) is 5.10 Å². The fraction of sp³-hybridized carbons (Fsp3) is 0.412. The van der Waals surface area contributed by atoms with E-state index in [9.17, 15) is 9.59 Å². The molecule has 126 valence electrons. The van der Waals surface area contributed by atoms with E-state index in [4.69, 9.17) is 4.74 Å². The number of hydrogen-bond acceptors (Lipinski definition) is 5. The molecule has 0 radical (unpaired) electrons. The molecule has 1 saturated carbocycles. The van der Waals surface area contributed by atoms with Crippen LogP contribution in [0.1, 0.15) is 35.8 Å². The van der Waals surface area contributed by atoms with Crippen molar-refractivity contribution in [2.45, 2.75) is 32.4 Å². The van der Waals surface area contributed by atoms with Crippen molar-refractivity contribution in [1.29, 1.82) is 0 Å². The first-order valence-electron chi connectivity index (χ1n) is 8.02. The van der Waals surface area contributed by atoms with E-state index in [2.05, 4.69) is 15.6 Å². The quantitative estimate of drug-likeness (QED) is 0.776. The first-order valence-corrected chi connectivity index (χ1v) is 8.02. The van der Waals surface area contributed by atoms with E-state index in [1.807, 2.05) is 37.3 Å². The van der Waals surface area contributed by atoms with E-state index in [0.29, 0.717) is 12.5 Å². The topological polar surface area (TPSA) is 86.1 Å². The number of rotatable bonds is 7. The van der Waals surface area contributed by atoms with Gasteiger partial charge in [0, 0.05) is 6.04 Å². The normalized spacial score (nSPS) is 14.9. The van der Waals surface area contributed by atoms with Gasteiger partial charge in [-0.1, -0.05) is 35.5 Å². The molecule has 7 heteroatoms. The second kappa shape index (κ2) is 7.25. The molecule has 1 aliphatic carbocycles. The highest BCUT2D eigenvalue weighted by Crippen LogP contribution is 2.32. The molecule has 1 unspecified atom stereocenters. The molecule has 1 N–H and O–H groups in total. The summed E-state index contributed by atoms with van der Waals surface area (Å²) in [5, 5.41) is 10.5. The zero-order valence-corrected chi connectivity index (χ0v) is 13.5. The average Bonchev–Trinajstić information content (AvgIpc) is 3.34. The maximum atomic E-state index is 11.9. The van der Waals surface area contributed by atoms with Gasteiger partial charge in [0.2, 0.25) is 0 Å². The van der Waals surface area contributed by atoms with Crippen LogP contribution in [0.25, 0.3) is 0 Å². The van der Waals surface area contributed by atoms with Gasteiger partial charge in [-0.3, -0.25) is 4.79 Å². The zero-order chi connectivity index (χ0) is 16.9. The van der Waals surface area contributed by atoms with Gasteiger partial charge < -0.3 is 10.1 Å². The first-order chi connectivity index (χ1) is 11.6. The Kier molecular flexibility index (Phi) is 4.88. The molecule has 7 nitrogen and oxygen atoms in total. The molecule has 2 aromatic rings. The Hall–Kier alpha value is -2.70. The molecule has 1 fully saturated rings. The summed E-state index contributed by atoms with van der Waals surface area (Å²) >= 11 is 0. The Morgan fingerprint density at radius 3 is 2.79 bits per heavy atom. The molecule has 24 heavy (non-hydrogen) atoms. The highest BCUT2D eigenvalue weighted by molar-refractivity contribution is 5.89. The fourth-order valence-electron chi connectivity index (χ4n) is 2.45. The van der Waals surface area contributed by atoms with Crippen molar-refractivity contribution in [2.24, 2.45) is 5.92 Å². The Labute approximate surface area is 140 Å². The summed E-state index contributed by atoms with van der Waals surface area (Å²) in [6.07, 6.45) is 3.80. The fourth-order valence-corrected chi connectivity index (χ4v) is 2.45. The van der Waals surface area contributed by atoms with Crippen LogP contribution in [-0.4, -0.2) is 39.5 Å². The standard InChI is InChI=1S/C17H20N4O3/c1-12(14-7-8-14)18-16(22)11-24-17(23)15-10-21(20-19-15)9-13-5-3-2-4-6-13/h2-6,10,12,14H,7-9,11H2,1H3,(H,18,22). The molecular formula is C17H20N4O3. The van der Waals surface area contributed by atoms with E-state index in [-0.39, 0.29) is 24.2 Å². The van der Waals surface area contributed by atoms with E-state index < -0.39 is 5.97 Å². The predicted molar refractivity (Wildman–Crippen MR) is 86.2 cm³/mol. The van der Waals surface area contributed by atoms with Crippen molar-refractivity contribution < 1.29 is 14.3 Å². The molecule has 0 spiro atoms. The number of ether oxygens (including phenoxy) is 1. The van der Waals surface area contributed by atoms with Gasteiger partial charge in [0.05, 0.1) is 12.7 Å². The molecule has 0 saturated heterocycles. The number of nitrogens with one attached hydrogen (secondary N) is 1. The van der Waals surface area contributed by atoms with E-state index in [1.54, 1.807) is 4.68 Å². The summed E-state index contributed by atoms with van der Waals surface area (Å²) in [6, 6.07) is 9.85. The van der Waals surface area contributed by atoms with Gasteiger partial charge in [0.15, 0.2) is 12.3 Å². The maximum absolute atomic E-state index is 11.9. The number of benzene rings is 1. The van der Waals surface area contributed by atoms with Crippen molar-refractivity contribution in [3.8, 4) is 0 Å². The lowest BCUT2D eigenvalue weighted by atomic mass is 10.2. The number of esters is 1. The predicted octanol–water partition coefficient (Wildman–Crippen LogP) is 1.40. The lowest BCUT2D eigenvalue weighted by Gasteiger charge is -2.12. The van der Waals surface area contributed by atoms with Crippen LogP contribution in [0.3, 0.4) is 0 Å². The third kappa shape index (κ3) is 4.41. The highest BCUT2D eigenvalue weighted by Gasteiger charge is 2.29. The summed E-state index contributed by atoms with van der Waals surface area (Å²) in [5.41, 5.74) is 1.14. The maximum Gasteiger partial charge on any atom is 0.361 e. The summed E-state index contributed by atoms with van der Waals surface area (Å²) in [4.78, 5) is 23.7. The Morgan fingerprint density at radius 1 is 1.33 bits per heavy atom. The number of amides is 1. The van der Waals surface area contributed by atoms with E-state index >= 15 is 0 Å². The molecule has 3 rings (SSSR count). The van der Waals surface area contributed by atoms with Crippen LogP contribution in [0.5, 0.6) is 0 Å². The van der Waals surface area contributed by atoms with Gasteiger partial charge in [0.25, 0.3) is 5.91 Å². The second-order valence-corrected chi connectivity index (χ2v) is 6.06. The van der Waals surface area contributed by atoms with Gasteiger partial charge in [-0.05, 0) is 31.2 Å². The summed E-state index contributed by atoms with van der Waals surface area (Å²) in [5.74, 6) is -0.384. The Morgan fingerprint density at radius 2 is 2.08 bits per heavy atom.